The molecule has 0 atom stereocenters. The first kappa shape index (κ1) is 12.5. The quantitative estimate of drug-likeness (QED) is 0.813. The van der Waals surface area contributed by atoms with Crippen molar-refractivity contribution in [2.45, 2.75) is 0 Å². The highest BCUT2D eigenvalue weighted by Gasteiger charge is 2.18. The topological polar surface area (TPSA) is 51.1 Å². The van der Waals surface area contributed by atoms with Gasteiger partial charge in [0.05, 0.1) is 30.2 Å². The van der Waals surface area contributed by atoms with Crippen LogP contribution in [0.1, 0.15) is 5.76 Å². The molecule has 19 heavy (non-hydrogen) atoms. The third kappa shape index (κ3) is 2.90. The number of aliphatic imine (C=N–C) groups is 1. The van der Waals surface area contributed by atoms with Gasteiger partial charge < -0.3 is 18.5 Å². The number of furan rings is 2. The molecule has 0 aliphatic carbocycles. The highest BCUT2D eigenvalue weighted by atomic mass is 79.9. The van der Waals surface area contributed by atoms with Crippen LogP contribution in [0.3, 0.4) is 0 Å². The fourth-order valence-corrected chi connectivity index (χ4v) is 2.45. The smallest absolute Gasteiger partial charge is 0.218 e. The van der Waals surface area contributed by atoms with E-state index in [1.54, 1.807) is 24.6 Å². The van der Waals surface area contributed by atoms with E-state index in [1.807, 2.05) is 6.07 Å². The summed E-state index contributed by atoms with van der Waals surface area (Å²) < 4.78 is 17.2. The Morgan fingerprint density at radius 3 is 2.89 bits per heavy atom. The van der Waals surface area contributed by atoms with Crippen molar-refractivity contribution in [3.05, 3.63) is 34.7 Å². The molecule has 0 spiro atoms. The SMILES string of the molecule is Brc1cc(C=Nc2ccco2)oc1N1CCOCC1. The van der Waals surface area contributed by atoms with Crippen molar-refractivity contribution in [3.63, 3.8) is 0 Å². The molecule has 0 amide bonds. The minimum atomic E-state index is 0.556. The van der Waals surface area contributed by atoms with Gasteiger partial charge in [0.15, 0.2) is 0 Å². The lowest BCUT2D eigenvalue weighted by Crippen LogP contribution is -2.36. The predicted octanol–water partition coefficient (Wildman–Crippen LogP) is 3.22. The molecule has 2 aromatic rings. The monoisotopic (exact) mass is 324 g/mol. The van der Waals surface area contributed by atoms with E-state index in [0.717, 1.165) is 36.7 Å². The average Bonchev–Trinajstić information content (AvgIpc) is 3.07. The minimum absolute atomic E-state index is 0.556. The third-order valence-corrected chi connectivity index (χ3v) is 3.38. The maximum atomic E-state index is 5.78. The summed E-state index contributed by atoms with van der Waals surface area (Å²) in [5.41, 5.74) is 0. The molecule has 3 rings (SSSR count). The molecule has 0 radical (unpaired) electrons. The average molecular weight is 325 g/mol. The van der Waals surface area contributed by atoms with Gasteiger partial charge in [-0.3, -0.25) is 0 Å². The highest BCUT2D eigenvalue weighted by molar-refractivity contribution is 9.10. The van der Waals surface area contributed by atoms with Gasteiger partial charge >= 0.3 is 0 Å². The van der Waals surface area contributed by atoms with Crippen LogP contribution in [-0.4, -0.2) is 32.5 Å². The molecular formula is C13H13BrN2O3. The summed E-state index contributed by atoms with van der Waals surface area (Å²) in [5.74, 6) is 2.06. The third-order valence-electron chi connectivity index (χ3n) is 2.81. The molecule has 0 aromatic carbocycles. The molecule has 2 aromatic heterocycles. The largest absolute Gasteiger partial charge is 0.447 e. The summed E-state index contributed by atoms with van der Waals surface area (Å²) in [7, 11) is 0. The second-order valence-corrected chi connectivity index (χ2v) is 4.97. The Morgan fingerprint density at radius 1 is 1.32 bits per heavy atom. The van der Waals surface area contributed by atoms with Crippen LogP contribution in [0.25, 0.3) is 0 Å². The Bertz CT molecular complexity index is 556. The zero-order valence-corrected chi connectivity index (χ0v) is 11.8. The molecule has 1 aliphatic rings. The van der Waals surface area contributed by atoms with Crippen LogP contribution < -0.4 is 4.90 Å². The van der Waals surface area contributed by atoms with E-state index in [2.05, 4.69) is 25.8 Å². The number of hydrogen-bond acceptors (Lipinski definition) is 5. The first-order chi connectivity index (χ1) is 9.33. The van der Waals surface area contributed by atoms with E-state index in [4.69, 9.17) is 13.6 Å². The maximum Gasteiger partial charge on any atom is 0.218 e. The predicted molar refractivity (Wildman–Crippen MR) is 75.4 cm³/mol. The normalized spacial score (nSPS) is 16.4. The van der Waals surface area contributed by atoms with E-state index >= 15 is 0 Å². The van der Waals surface area contributed by atoms with E-state index in [-0.39, 0.29) is 0 Å². The molecule has 3 heterocycles. The number of hydrogen-bond donors (Lipinski definition) is 0. The highest BCUT2D eigenvalue weighted by Crippen LogP contribution is 2.30. The lowest BCUT2D eigenvalue weighted by atomic mass is 10.4. The van der Waals surface area contributed by atoms with Gasteiger partial charge in [-0.1, -0.05) is 0 Å². The number of halogens is 1. The van der Waals surface area contributed by atoms with Crippen molar-refractivity contribution in [2.24, 2.45) is 4.99 Å². The molecule has 100 valence electrons. The van der Waals surface area contributed by atoms with Crippen LogP contribution in [0.2, 0.25) is 0 Å². The number of ether oxygens (including phenoxy) is 1. The van der Waals surface area contributed by atoms with Gasteiger partial charge in [-0.25, -0.2) is 4.99 Å². The van der Waals surface area contributed by atoms with E-state index in [1.165, 1.54) is 0 Å². The van der Waals surface area contributed by atoms with Crippen molar-refractivity contribution in [1.82, 2.24) is 0 Å². The van der Waals surface area contributed by atoms with Crippen LogP contribution in [0.5, 0.6) is 0 Å². The Kier molecular flexibility index (Phi) is 3.70. The zero-order chi connectivity index (χ0) is 13.1. The van der Waals surface area contributed by atoms with Crippen molar-refractivity contribution < 1.29 is 13.6 Å². The van der Waals surface area contributed by atoms with E-state index < -0.39 is 0 Å². The van der Waals surface area contributed by atoms with Crippen LogP contribution in [0, 0.1) is 0 Å². The van der Waals surface area contributed by atoms with Gasteiger partial charge in [-0.05, 0) is 22.0 Å². The standard InChI is InChI=1S/C13H13BrN2O3/c14-11-8-10(9-15-12-2-1-5-18-12)19-13(11)16-3-6-17-7-4-16/h1-2,5,8-9H,3-4,6-7H2. The zero-order valence-electron chi connectivity index (χ0n) is 10.2. The molecule has 1 aliphatic heterocycles. The van der Waals surface area contributed by atoms with Gasteiger partial charge in [0, 0.05) is 25.2 Å². The van der Waals surface area contributed by atoms with Crippen molar-refractivity contribution in [2.75, 3.05) is 31.2 Å². The molecule has 0 saturated carbocycles. The Labute approximate surface area is 119 Å². The van der Waals surface area contributed by atoms with Crippen molar-refractivity contribution >= 4 is 33.9 Å². The number of anilines is 1. The molecule has 0 bridgehead atoms. The van der Waals surface area contributed by atoms with Gasteiger partial charge in [0.1, 0.15) is 5.76 Å². The Morgan fingerprint density at radius 2 is 2.16 bits per heavy atom. The molecule has 1 fully saturated rings. The van der Waals surface area contributed by atoms with E-state index in [0.29, 0.717) is 11.6 Å². The molecule has 1 saturated heterocycles. The number of nitrogens with zero attached hydrogens (tertiary/aromatic N) is 2. The van der Waals surface area contributed by atoms with E-state index in [9.17, 15) is 0 Å². The molecular weight excluding hydrogens is 312 g/mol. The van der Waals surface area contributed by atoms with Crippen molar-refractivity contribution in [3.8, 4) is 0 Å². The van der Waals surface area contributed by atoms with Crippen LogP contribution in [0.15, 0.2) is 42.8 Å². The fraction of sp³-hybridized carbons (Fsp3) is 0.308. The molecule has 0 N–H and O–H groups in total. The van der Waals surface area contributed by atoms with Crippen LogP contribution in [0.4, 0.5) is 11.8 Å². The van der Waals surface area contributed by atoms with Gasteiger partial charge in [0.2, 0.25) is 11.8 Å². The second kappa shape index (κ2) is 5.63. The summed E-state index contributed by atoms with van der Waals surface area (Å²) in [6, 6.07) is 5.48. The summed E-state index contributed by atoms with van der Waals surface area (Å²) in [6.45, 7) is 3.12. The van der Waals surface area contributed by atoms with Gasteiger partial charge in [-0.2, -0.15) is 0 Å². The number of morpholine rings is 1. The first-order valence-electron chi connectivity index (χ1n) is 6.02. The maximum absolute atomic E-state index is 5.78. The van der Waals surface area contributed by atoms with Crippen LogP contribution >= 0.6 is 15.9 Å². The summed E-state index contributed by atoms with van der Waals surface area (Å²) in [5, 5.41) is 0. The lowest BCUT2D eigenvalue weighted by Gasteiger charge is -2.26. The number of rotatable bonds is 3. The van der Waals surface area contributed by atoms with Crippen LogP contribution in [-0.2, 0) is 4.74 Å². The van der Waals surface area contributed by atoms with Gasteiger partial charge in [0.25, 0.3) is 0 Å². The van der Waals surface area contributed by atoms with Gasteiger partial charge in [-0.15, -0.1) is 0 Å². The first-order valence-corrected chi connectivity index (χ1v) is 6.82. The van der Waals surface area contributed by atoms with Crippen molar-refractivity contribution in [1.29, 1.82) is 0 Å². The molecule has 0 unspecified atom stereocenters. The fourth-order valence-electron chi connectivity index (χ4n) is 1.89. The molecule has 5 nitrogen and oxygen atoms in total. The summed E-state index contributed by atoms with van der Waals surface area (Å²) in [6.07, 6.45) is 3.23. The summed E-state index contributed by atoms with van der Waals surface area (Å²) in [4.78, 5) is 6.34. The Balaban J connectivity index is 1.77. The Hall–Kier alpha value is -1.53. The minimum Gasteiger partial charge on any atom is -0.447 e. The summed E-state index contributed by atoms with van der Waals surface area (Å²) >= 11 is 3.51. The lowest BCUT2D eigenvalue weighted by molar-refractivity contribution is 0.120. The molecule has 6 heteroatoms. The second-order valence-electron chi connectivity index (χ2n) is 4.11.